The van der Waals surface area contributed by atoms with Crippen molar-refractivity contribution < 1.29 is 0 Å². The molecule has 0 saturated carbocycles. The number of thiocarbonyl (C=S) groups is 1. The molecule has 1 heterocycles. The highest BCUT2D eigenvalue weighted by Crippen LogP contribution is 2.25. The number of hydrogen-bond donors (Lipinski definition) is 1. The molecule has 0 radical (unpaired) electrons. The van der Waals surface area contributed by atoms with Crippen LogP contribution in [0.3, 0.4) is 0 Å². The van der Waals surface area contributed by atoms with Gasteiger partial charge in [0.1, 0.15) is 0 Å². The first-order valence-corrected chi connectivity index (χ1v) is 8.14. The summed E-state index contributed by atoms with van der Waals surface area (Å²) in [6.45, 7) is 3.32. The van der Waals surface area contributed by atoms with Gasteiger partial charge in [0.25, 0.3) is 0 Å². The predicted octanol–water partition coefficient (Wildman–Crippen LogP) is 4.69. The molecule has 8 heteroatoms. The van der Waals surface area contributed by atoms with E-state index in [9.17, 15) is 0 Å². The molecule has 0 spiro atoms. The van der Waals surface area contributed by atoms with Crippen LogP contribution in [0.15, 0.2) is 24.4 Å². The molecule has 0 aliphatic rings. The second-order valence-electron chi connectivity index (χ2n) is 4.67. The summed E-state index contributed by atoms with van der Waals surface area (Å²) in [6, 6.07) is 5.27. The van der Waals surface area contributed by atoms with Crippen LogP contribution in [-0.4, -0.2) is 26.8 Å². The summed E-state index contributed by atoms with van der Waals surface area (Å²) in [5, 5.41) is 9.50. The van der Waals surface area contributed by atoms with E-state index in [-0.39, 0.29) is 0 Å². The summed E-state index contributed by atoms with van der Waals surface area (Å²) >= 11 is 23.5. The number of rotatable bonds is 4. The van der Waals surface area contributed by atoms with E-state index in [0.29, 0.717) is 26.7 Å². The number of nitrogens with zero attached hydrogens (tertiary/aromatic N) is 3. The Morgan fingerprint density at radius 2 is 2.00 bits per heavy atom. The number of hydrogen-bond acceptors (Lipinski definition) is 2. The lowest BCUT2D eigenvalue weighted by atomic mass is 10.3. The molecule has 2 rings (SSSR count). The molecule has 22 heavy (non-hydrogen) atoms. The minimum atomic E-state index is 0.476. The Kier molecular flexibility index (Phi) is 5.92. The number of halogens is 3. The number of aryl methyl sites for hydroxylation is 1. The second kappa shape index (κ2) is 7.51. The van der Waals surface area contributed by atoms with Crippen molar-refractivity contribution in [1.29, 1.82) is 0 Å². The van der Waals surface area contributed by atoms with Gasteiger partial charge in [-0.05, 0) is 37.3 Å². The minimum Gasteiger partial charge on any atom is -0.346 e. The zero-order chi connectivity index (χ0) is 16.3. The molecule has 0 fully saturated rings. The van der Waals surface area contributed by atoms with Crippen LogP contribution < -0.4 is 5.32 Å². The van der Waals surface area contributed by atoms with E-state index in [0.717, 1.165) is 17.9 Å². The van der Waals surface area contributed by atoms with Crippen molar-refractivity contribution in [3.63, 3.8) is 0 Å². The highest BCUT2D eigenvalue weighted by molar-refractivity contribution is 7.80. The third-order valence-corrected chi connectivity index (χ3v) is 4.57. The van der Waals surface area contributed by atoms with Gasteiger partial charge in [-0.15, -0.1) is 0 Å². The zero-order valence-electron chi connectivity index (χ0n) is 12.1. The Morgan fingerprint density at radius 3 is 2.64 bits per heavy atom. The predicted molar refractivity (Wildman–Crippen MR) is 97.1 cm³/mol. The summed E-state index contributed by atoms with van der Waals surface area (Å²) in [6.07, 6.45) is 1.64. The molecule has 1 aromatic heterocycles. The van der Waals surface area contributed by atoms with Crippen molar-refractivity contribution in [3.05, 3.63) is 45.2 Å². The Morgan fingerprint density at radius 1 is 1.27 bits per heavy atom. The van der Waals surface area contributed by atoms with Gasteiger partial charge < -0.3 is 10.2 Å². The fourth-order valence-corrected chi connectivity index (χ4v) is 2.59. The van der Waals surface area contributed by atoms with Crippen molar-refractivity contribution >= 4 is 57.8 Å². The largest absolute Gasteiger partial charge is 0.346 e. The van der Waals surface area contributed by atoms with Crippen LogP contribution in [0, 0.1) is 0 Å². The van der Waals surface area contributed by atoms with Crippen LogP contribution >= 0.6 is 47.0 Å². The molecular formula is C14H15Cl3N4S. The number of aromatic nitrogens is 2. The Hall–Kier alpha value is -1.01. The summed E-state index contributed by atoms with van der Waals surface area (Å²) < 4.78 is 1.85. The molecule has 0 bridgehead atoms. The highest BCUT2D eigenvalue weighted by Gasteiger charge is 2.13. The van der Waals surface area contributed by atoms with Crippen molar-refractivity contribution in [2.45, 2.75) is 20.0 Å². The fraction of sp³-hybridized carbons (Fsp3) is 0.286. The lowest BCUT2D eigenvalue weighted by molar-refractivity contribution is 0.471. The third-order valence-electron chi connectivity index (χ3n) is 3.10. The van der Waals surface area contributed by atoms with Crippen molar-refractivity contribution in [2.24, 2.45) is 0 Å². The van der Waals surface area contributed by atoms with Crippen molar-refractivity contribution in [2.75, 3.05) is 12.4 Å². The monoisotopic (exact) mass is 376 g/mol. The molecule has 0 atom stereocenters. The van der Waals surface area contributed by atoms with E-state index >= 15 is 0 Å². The first-order valence-electron chi connectivity index (χ1n) is 6.59. The average molecular weight is 378 g/mol. The Balaban J connectivity index is 2.05. The van der Waals surface area contributed by atoms with Gasteiger partial charge in [-0.25, -0.2) is 0 Å². The van der Waals surface area contributed by atoms with Gasteiger partial charge >= 0.3 is 0 Å². The number of anilines is 1. The lowest BCUT2D eigenvalue weighted by Crippen LogP contribution is -2.31. The molecule has 0 amide bonds. The maximum Gasteiger partial charge on any atom is 0.173 e. The van der Waals surface area contributed by atoms with Crippen LogP contribution in [0.2, 0.25) is 15.1 Å². The Bertz CT molecular complexity index is 687. The Labute approximate surface area is 149 Å². The van der Waals surface area contributed by atoms with Gasteiger partial charge in [0.2, 0.25) is 0 Å². The molecular weight excluding hydrogens is 363 g/mol. The maximum absolute atomic E-state index is 6.17. The summed E-state index contributed by atoms with van der Waals surface area (Å²) in [7, 11) is 1.89. The summed E-state index contributed by atoms with van der Waals surface area (Å²) in [5.41, 5.74) is 1.70. The van der Waals surface area contributed by atoms with E-state index in [4.69, 9.17) is 47.0 Å². The normalized spacial score (nSPS) is 10.6. The maximum atomic E-state index is 6.17. The van der Waals surface area contributed by atoms with Crippen molar-refractivity contribution in [3.8, 4) is 0 Å². The summed E-state index contributed by atoms with van der Waals surface area (Å²) in [5.74, 6) is 0. The van der Waals surface area contributed by atoms with Gasteiger partial charge in [0.15, 0.2) is 5.11 Å². The van der Waals surface area contributed by atoms with Gasteiger partial charge in [-0.1, -0.05) is 34.8 Å². The van der Waals surface area contributed by atoms with Crippen LogP contribution in [0.25, 0.3) is 0 Å². The molecule has 2 aromatic rings. The van der Waals surface area contributed by atoms with Crippen LogP contribution in [-0.2, 0) is 13.1 Å². The van der Waals surface area contributed by atoms with Gasteiger partial charge in [-0.3, -0.25) is 4.68 Å². The first-order chi connectivity index (χ1) is 10.4. The van der Waals surface area contributed by atoms with Gasteiger partial charge in [0, 0.05) is 19.3 Å². The third kappa shape index (κ3) is 4.04. The first kappa shape index (κ1) is 17.3. The topological polar surface area (TPSA) is 33.1 Å². The molecule has 0 aliphatic heterocycles. The zero-order valence-corrected chi connectivity index (χ0v) is 15.2. The van der Waals surface area contributed by atoms with Crippen molar-refractivity contribution in [1.82, 2.24) is 14.7 Å². The molecule has 1 N–H and O–H groups in total. The minimum absolute atomic E-state index is 0.476. The molecule has 4 nitrogen and oxygen atoms in total. The number of nitrogens with one attached hydrogen (secondary N) is 1. The molecule has 0 saturated heterocycles. The van der Waals surface area contributed by atoms with E-state index in [2.05, 4.69) is 10.4 Å². The fourth-order valence-electron chi connectivity index (χ4n) is 1.91. The SMILES string of the molecule is CCn1ncc(Cl)c1CN(C)C(=S)Nc1ccc(Cl)c(Cl)c1. The molecule has 0 aliphatic carbocycles. The average Bonchev–Trinajstić information content (AvgIpc) is 2.83. The van der Waals surface area contributed by atoms with Crippen LogP contribution in [0.5, 0.6) is 0 Å². The van der Waals surface area contributed by atoms with Crippen LogP contribution in [0.4, 0.5) is 5.69 Å². The standard InChI is InChI=1S/C14H15Cl3N4S/c1-3-21-13(12(17)7-18-21)8-20(2)14(22)19-9-4-5-10(15)11(16)6-9/h4-7H,3,8H2,1-2H3,(H,19,22). The smallest absolute Gasteiger partial charge is 0.173 e. The van der Waals surface area contributed by atoms with E-state index in [1.54, 1.807) is 18.3 Å². The van der Waals surface area contributed by atoms with Gasteiger partial charge in [0.05, 0.1) is 33.5 Å². The quantitative estimate of drug-likeness (QED) is 0.783. The van der Waals surface area contributed by atoms with E-state index in [1.807, 2.05) is 29.6 Å². The molecule has 1 aromatic carbocycles. The molecule has 0 unspecified atom stereocenters. The second-order valence-corrected chi connectivity index (χ2v) is 6.28. The summed E-state index contributed by atoms with van der Waals surface area (Å²) in [4.78, 5) is 1.88. The van der Waals surface area contributed by atoms with E-state index in [1.165, 1.54) is 0 Å². The number of benzene rings is 1. The van der Waals surface area contributed by atoms with Gasteiger partial charge in [-0.2, -0.15) is 5.10 Å². The molecule has 118 valence electrons. The van der Waals surface area contributed by atoms with Crippen LogP contribution in [0.1, 0.15) is 12.6 Å². The van der Waals surface area contributed by atoms with E-state index < -0.39 is 0 Å². The highest BCUT2D eigenvalue weighted by atomic mass is 35.5. The lowest BCUT2D eigenvalue weighted by Gasteiger charge is -2.21.